The number of nitrogens with zero attached hydrogens (tertiary/aromatic N) is 4. The van der Waals surface area contributed by atoms with Crippen LogP contribution in [-0.4, -0.2) is 132 Å². The van der Waals surface area contributed by atoms with E-state index in [9.17, 15) is 14.5 Å². The van der Waals surface area contributed by atoms with Gasteiger partial charge in [-0.15, -0.1) is 16.5 Å². The first-order valence-electron chi connectivity index (χ1n) is 13.3. The Kier molecular flexibility index (Phi) is 61.2. The number of carbonyl (C=O) groups is 3. The van der Waals surface area contributed by atoms with Gasteiger partial charge >= 0.3 is 35.5 Å². The van der Waals surface area contributed by atoms with Crippen molar-refractivity contribution in [3.8, 4) is 0 Å². The van der Waals surface area contributed by atoms with E-state index >= 15 is 0 Å². The molecule has 0 unspecified atom stereocenters. The van der Waals surface area contributed by atoms with Gasteiger partial charge in [0.05, 0.1) is 11.0 Å². The summed E-state index contributed by atoms with van der Waals surface area (Å²) in [5.74, 6) is -1.66. The molecule has 246 valence electrons. The van der Waals surface area contributed by atoms with E-state index in [0.717, 1.165) is 61.1 Å². The van der Waals surface area contributed by atoms with Crippen LogP contribution < -0.4 is 56.3 Å². The van der Waals surface area contributed by atoms with Crippen molar-refractivity contribution in [1.29, 1.82) is 1.34 Å². The molecule has 0 saturated carbocycles. The quantitative estimate of drug-likeness (QED) is 0.0575. The summed E-state index contributed by atoms with van der Waals surface area (Å²) >= 11 is 15.7. The van der Waals surface area contributed by atoms with E-state index in [4.69, 9.17) is 45.9 Å². The molecular formula is C22H47B3ClN8NaO6S3. The maximum Gasteiger partial charge on any atom is 1.00 e. The number of thioether (sulfide) groups is 1. The van der Waals surface area contributed by atoms with Crippen LogP contribution in [0.15, 0.2) is 10.3 Å². The molecule has 1 heterocycles. The van der Waals surface area contributed by atoms with Crippen molar-refractivity contribution >= 4 is 104 Å². The summed E-state index contributed by atoms with van der Waals surface area (Å²) in [5.41, 5.74) is 5.03. The maximum absolute atomic E-state index is 11.0. The monoisotopic (exact) mass is 707 g/mol. The largest absolute Gasteiger partial charge is 1.00 e. The van der Waals surface area contributed by atoms with Crippen LogP contribution in [0.3, 0.4) is 0 Å². The fourth-order valence-electron chi connectivity index (χ4n) is 1.31. The molecule has 1 aliphatic heterocycles. The first kappa shape index (κ1) is 55.3. The Labute approximate surface area is 310 Å². The topological polar surface area (TPSA) is 205 Å². The van der Waals surface area contributed by atoms with Gasteiger partial charge in [0, 0.05) is 69.7 Å². The van der Waals surface area contributed by atoms with Crippen molar-refractivity contribution in [3.63, 3.8) is 0 Å². The molecule has 44 heavy (non-hydrogen) atoms. The third-order valence-electron chi connectivity index (χ3n) is 3.25. The number of thiocarbonyl (C=S) groups is 2. The number of alkyl halides is 1. The van der Waals surface area contributed by atoms with E-state index in [2.05, 4.69) is 74.7 Å². The predicted octanol–water partition coefficient (Wildman–Crippen LogP) is -3.43. The number of amides is 1. The summed E-state index contributed by atoms with van der Waals surface area (Å²) < 4.78 is 6.14. The van der Waals surface area contributed by atoms with Gasteiger partial charge in [-0.3, -0.25) is 19.5 Å². The molecule has 1 fully saturated rings. The molecule has 14 nitrogen and oxygen atoms in total. The van der Waals surface area contributed by atoms with Crippen LogP contribution in [-0.2, 0) is 14.4 Å². The van der Waals surface area contributed by atoms with Crippen molar-refractivity contribution in [2.75, 3.05) is 59.5 Å². The van der Waals surface area contributed by atoms with Gasteiger partial charge < -0.3 is 36.7 Å². The molecule has 22 heteroatoms. The van der Waals surface area contributed by atoms with E-state index in [1.54, 1.807) is 19.0 Å². The van der Waals surface area contributed by atoms with Gasteiger partial charge in [0.15, 0.2) is 15.4 Å². The number of rotatable bonds is 7. The van der Waals surface area contributed by atoms with Gasteiger partial charge in [0.25, 0.3) is 0 Å². The first-order chi connectivity index (χ1) is 20.4. The van der Waals surface area contributed by atoms with E-state index in [1.165, 1.54) is 18.8 Å². The van der Waals surface area contributed by atoms with Crippen molar-refractivity contribution in [1.82, 2.24) is 25.9 Å². The number of nitrogens with two attached hydrogens (primary N) is 1. The summed E-state index contributed by atoms with van der Waals surface area (Å²) in [6, 6.07) is 0. The van der Waals surface area contributed by atoms with Crippen molar-refractivity contribution in [3.05, 3.63) is 4.91 Å². The number of hydrogen-bond donors (Lipinski definition) is 5. The standard InChI is InChI=1S/C7H12N2OS.C5H12N2S.C3H7N3OS.C3H9N.C2H3ClO2.C2H4O2.B3H.Na/c1-3-4-8-7-9(2)6(10)5-11-7;1-3-4-7-5(8)6-2;1-4-3(8)6(2)5-7;1-2-3-4;3-1-2(4)5;1-2(3)4;1-3-2;/h3-5H2,1-2H3;3-4H2,1-2H3,(H2,6,7,8);1-2H3,(H,4,8);2-4H2,1H3;1H2,(H,4,5);1H3,(H,3,4);3H;/q;;;;;;;+1/p-1/i;;;;;;3D;. The average Bonchev–Trinajstić information content (AvgIpc) is 3.30. The molecule has 1 saturated heterocycles. The number of carboxylic acids is 2. The second kappa shape index (κ2) is 48.8. The zero-order valence-corrected chi connectivity index (χ0v) is 32.6. The smallest absolute Gasteiger partial charge is 0.550 e. The maximum atomic E-state index is 11.0. The number of nitroso groups, excluding NO2 is 1. The molecule has 0 atom stereocenters. The minimum atomic E-state index is -1.08. The normalized spacial score (nSPS) is 11.0. The van der Waals surface area contributed by atoms with E-state index in [1.807, 2.05) is 7.05 Å². The Hall–Kier alpha value is -1.15. The number of hydrogen-bond acceptors (Lipinski definition) is 11. The minimum absolute atomic E-state index is 0. The minimum Gasteiger partial charge on any atom is -0.550 e. The Morgan fingerprint density at radius 2 is 1.68 bits per heavy atom. The van der Waals surface area contributed by atoms with Gasteiger partial charge in [-0.25, -0.2) is 5.01 Å². The molecule has 0 aromatic heterocycles. The summed E-state index contributed by atoms with van der Waals surface area (Å²) in [7, 11) is 14.9. The Balaban J connectivity index is -0.0000000776. The van der Waals surface area contributed by atoms with Crippen LogP contribution in [0.5, 0.6) is 0 Å². The van der Waals surface area contributed by atoms with Crippen molar-refractivity contribution < 1.29 is 54.2 Å². The summed E-state index contributed by atoms with van der Waals surface area (Å²) in [6.45, 7) is 9.80. The third-order valence-corrected chi connectivity index (χ3v) is 5.35. The van der Waals surface area contributed by atoms with E-state index in [-0.39, 0.29) is 41.3 Å². The van der Waals surface area contributed by atoms with E-state index in [0.29, 0.717) is 10.9 Å². The molecule has 0 aromatic rings. The SMILES string of the molecule is CC(=O)[O-].CCCN.CCCN=C1SCC(=O)N1C.CCCNC(=S)NC.CNC(=S)N(C)N=O.O=C(O)CCl.[2H]B([B])[B].[Na+]. The Morgan fingerprint density at radius 1 is 1.25 bits per heavy atom. The van der Waals surface area contributed by atoms with Gasteiger partial charge in [-0.05, 0) is 58.5 Å². The number of halogens is 1. The van der Waals surface area contributed by atoms with Crippen LogP contribution in [0.1, 0.15) is 47.0 Å². The van der Waals surface area contributed by atoms with Crippen LogP contribution in [0.25, 0.3) is 0 Å². The summed E-state index contributed by atoms with van der Waals surface area (Å²) in [4.78, 5) is 44.6. The van der Waals surface area contributed by atoms with Gasteiger partial charge in [-0.2, -0.15) is 0 Å². The number of amidine groups is 1. The van der Waals surface area contributed by atoms with Gasteiger partial charge in [-0.1, -0.05) is 32.5 Å². The molecular weight excluding hydrogens is 659 g/mol. The number of carboxylic acid groups (broad SMARTS) is 2. The number of aliphatic imine (C=N–C) groups is 1. The molecule has 4 radical (unpaired) electrons. The number of aliphatic carboxylic acids is 2. The second-order valence-electron chi connectivity index (χ2n) is 7.07. The van der Waals surface area contributed by atoms with E-state index < -0.39 is 19.0 Å². The Morgan fingerprint density at radius 3 is 1.89 bits per heavy atom. The summed E-state index contributed by atoms with van der Waals surface area (Å²) in [6.07, 6.45) is 3.24. The molecule has 0 aliphatic carbocycles. The van der Waals surface area contributed by atoms with Crippen LogP contribution in [0.2, 0.25) is 0 Å². The number of carbonyl (C=O) groups excluding carboxylic acids is 2. The van der Waals surface area contributed by atoms with Crippen molar-refractivity contribution in [2.45, 2.75) is 47.0 Å². The molecule has 6 N–H and O–H groups in total. The predicted molar refractivity (Wildman–Crippen MR) is 190 cm³/mol. The fraction of sp³-hybridized carbons (Fsp3) is 0.727. The molecule has 0 spiro atoms. The van der Waals surface area contributed by atoms with Crippen molar-refractivity contribution in [2.24, 2.45) is 16.0 Å². The molecule has 0 aromatic carbocycles. The number of nitrogens with one attached hydrogen (secondary N) is 3. The fourth-order valence-corrected chi connectivity index (χ4v) is 2.37. The third kappa shape index (κ3) is 60.1. The zero-order valence-electron chi connectivity index (χ0n) is 28.3. The van der Waals surface area contributed by atoms with Crippen LogP contribution in [0.4, 0.5) is 0 Å². The second-order valence-corrected chi connectivity index (χ2v) is 9.08. The van der Waals surface area contributed by atoms with Gasteiger partial charge in [0.1, 0.15) is 5.88 Å². The summed E-state index contributed by atoms with van der Waals surface area (Å²) in [5, 5.41) is 30.4. The first-order valence-corrected chi connectivity index (χ1v) is 15.0. The Bertz CT molecular complexity index is 800. The average molecular weight is 708 g/mol. The molecule has 0 bridgehead atoms. The molecule has 1 amide bonds. The molecule has 1 aliphatic rings. The van der Waals surface area contributed by atoms with Crippen LogP contribution in [0, 0.1) is 4.91 Å². The molecule has 1 rings (SSSR count). The van der Waals surface area contributed by atoms with Gasteiger partial charge in [0.2, 0.25) is 5.91 Å². The zero-order chi connectivity index (χ0) is 36.1. The van der Waals surface area contributed by atoms with Crippen LogP contribution >= 0.6 is 47.8 Å².